The van der Waals surface area contributed by atoms with Crippen LogP contribution >= 0.6 is 23.2 Å². The van der Waals surface area contributed by atoms with E-state index >= 15 is 0 Å². The highest BCUT2D eigenvalue weighted by Crippen LogP contribution is 2.33. The minimum Gasteiger partial charge on any atom is -0.450 e. The number of piperazine rings is 1. The van der Waals surface area contributed by atoms with E-state index in [2.05, 4.69) is 0 Å². The Balaban J connectivity index is 2.10. The van der Waals surface area contributed by atoms with Gasteiger partial charge in [0.25, 0.3) is 0 Å². The van der Waals surface area contributed by atoms with Crippen molar-refractivity contribution in [3.05, 3.63) is 28.2 Å². The molecule has 1 heterocycles. The van der Waals surface area contributed by atoms with Gasteiger partial charge in [-0.1, -0.05) is 29.3 Å². The molecule has 0 aliphatic carbocycles. The van der Waals surface area contributed by atoms with Gasteiger partial charge in [0, 0.05) is 26.2 Å². The molecule has 0 aromatic heterocycles. The zero-order valence-electron chi connectivity index (χ0n) is 15.0. The summed E-state index contributed by atoms with van der Waals surface area (Å²) in [5.41, 5.74) is 0.144. The molecular formula is C16H21Cl2N3O5S. The largest absolute Gasteiger partial charge is 0.450 e. The summed E-state index contributed by atoms with van der Waals surface area (Å²) in [7, 11) is -3.76. The van der Waals surface area contributed by atoms with Crippen LogP contribution in [-0.4, -0.2) is 75.8 Å². The summed E-state index contributed by atoms with van der Waals surface area (Å²) in [5, 5.41) is 0.253. The molecule has 0 saturated carbocycles. The second-order valence-corrected chi connectivity index (χ2v) is 8.60. The third kappa shape index (κ3) is 5.40. The van der Waals surface area contributed by atoms with Crippen molar-refractivity contribution in [2.24, 2.45) is 0 Å². The van der Waals surface area contributed by atoms with Crippen molar-refractivity contribution in [3.8, 4) is 0 Å². The number of benzene rings is 1. The number of carbonyl (C=O) groups excluding carboxylic acids is 2. The first-order chi connectivity index (χ1) is 12.6. The van der Waals surface area contributed by atoms with E-state index in [0.29, 0.717) is 26.2 Å². The molecule has 1 saturated heterocycles. The average Bonchev–Trinajstić information content (AvgIpc) is 2.61. The molecule has 27 heavy (non-hydrogen) atoms. The van der Waals surface area contributed by atoms with E-state index in [1.165, 1.54) is 21.9 Å². The fourth-order valence-corrected chi connectivity index (χ4v) is 3.94. The first-order valence-corrected chi connectivity index (χ1v) is 10.9. The van der Waals surface area contributed by atoms with Gasteiger partial charge in [-0.2, -0.15) is 0 Å². The van der Waals surface area contributed by atoms with Gasteiger partial charge in [0.2, 0.25) is 15.9 Å². The maximum Gasteiger partial charge on any atom is 0.409 e. The van der Waals surface area contributed by atoms with Crippen molar-refractivity contribution in [1.82, 2.24) is 9.80 Å². The Morgan fingerprint density at radius 3 is 2.30 bits per heavy atom. The lowest BCUT2D eigenvalue weighted by molar-refractivity contribution is -0.131. The molecule has 0 bridgehead atoms. The first kappa shape index (κ1) is 21.6. The van der Waals surface area contributed by atoms with E-state index < -0.39 is 22.7 Å². The second kappa shape index (κ2) is 8.99. The predicted octanol–water partition coefficient (Wildman–Crippen LogP) is 2.06. The molecule has 0 atom stereocenters. The van der Waals surface area contributed by atoms with Crippen molar-refractivity contribution >= 4 is 50.9 Å². The summed E-state index contributed by atoms with van der Waals surface area (Å²) in [6.45, 7) is 2.82. The van der Waals surface area contributed by atoms with E-state index in [4.69, 9.17) is 27.9 Å². The summed E-state index contributed by atoms with van der Waals surface area (Å²) in [6, 6.07) is 4.58. The van der Waals surface area contributed by atoms with Crippen LogP contribution in [0.2, 0.25) is 10.0 Å². The van der Waals surface area contributed by atoms with Crippen molar-refractivity contribution in [2.45, 2.75) is 6.92 Å². The predicted molar refractivity (Wildman–Crippen MR) is 104 cm³/mol. The fourth-order valence-electron chi connectivity index (χ4n) is 2.64. The zero-order chi connectivity index (χ0) is 20.2. The normalized spacial score (nSPS) is 14.8. The van der Waals surface area contributed by atoms with Crippen LogP contribution in [0.1, 0.15) is 6.92 Å². The highest BCUT2D eigenvalue weighted by atomic mass is 35.5. The summed E-state index contributed by atoms with van der Waals surface area (Å²) in [4.78, 5) is 27.4. The minimum atomic E-state index is -3.76. The molecule has 0 unspecified atom stereocenters. The molecule has 150 valence electrons. The van der Waals surface area contributed by atoms with E-state index in [1.807, 2.05) is 0 Å². The van der Waals surface area contributed by atoms with Crippen molar-refractivity contribution in [1.29, 1.82) is 0 Å². The van der Waals surface area contributed by atoms with Crippen molar-refractivity contribution in [3.63, 3.8) is 0 Å². The number of rotatable bonds is 5. The number of hydrogen-bond donors (Lipinski definition) is 0. The third-order valence-electron chi connectivity index (χ3n) is 4.04. The van der Waals surface area contributed by atoms with Crippen LogP contribution in [-0.2, 0) is 19.6 Å². The molecule has 1 fully saturated rings. The molecule has 1 aromatic carbocycles. The summed E-state index contributed by atoms with van der Waals surface area (Å²) in [6.07, 6.45) is 0.573. The Bertz CT molecular complexity index is 810. The SMILES string of the molecule is CCOC(=O)N1CCN(C(=O)CN(c2cccc(Cl)c2Cl)S(C)(=O)=O)CC1. The van der Waals surface area contributed by atoms with E-state index in [-0.39, 0.29) is 28.2 Å². The van der Waals surface area contributed by atoms with Crippen LogP contribution in [0, 0.1) is 0 Å². The van der Waals surface area contributed by atoms with Gasteiger partial charge in [-0.05, 0) is 19.1 Å². The van der Waals surface area contributed by atoms with Gasteiger partial charge >= 0.3 is 6.09 Å². The molecular weight excluding hydrogens is 417 g/mol. The number of carbonyl (C=O) groups is 2. The van der Waals surface area contributed by atoms with Crippen molar-refractivity contribution < 1.29 is 22.7 Å². The van der Waals surface area contributed by atoms with Crippen LogP contribution in [0.15, 0.2) is 18.2 Å². The van der Waals surface area contributed by atoms with Gasteiger partial charge in [0.15, 0.2) is 0 Å². The minimum absolute atomic E-state index is 0.0597. The number of hydrogen-bond acceptors (Lipinski definition) is 5. The Morgan fingerprint density at radius 1 is 1.15 bits per heavy atom. The van der Waals surface area contributed by atoms with Gasteiger partial charge < -0.3 is 14.5 Å². The Kier molecular flexibility index (Phi) is 7.19. The zero-order valence-corrected chi connectivity index (χ0v) is 17.4. The molecule has 1 aliphatic heterocycles. The van der Waals surface area contributed by atoms with Crippen molar-refractivity contribution in [2.75, 3.05) is 49.9 Å². The van der Waals surface area contributed by atoms with Gasteiger partial charge in [-0.3, -0.25) is 9.10 Å². The molecule has 1 aliphatic rings. The Labute approximate surface area is 168 Å². The molecule has 8 nitrogen and oxygen atoms in total. The van der Waals surface area contributed by atoms with Gasteiger partial charge in [0.05, 0.1) is 28.6 Å². The third-order valence-corrected chi connectivity index (χ3v) is 5.97. The molecule has 2 amide bonds. The maximum absolute atomic E-state index is 12.6. The number of nitrogens with zero attached hydrogens (tertiary/aromatic N) is 3. The van der Waals surface area contributed by atoms with Crippen LogP contribution in [0.3, 0.4) is 0 Å². The highest BCUT2D eigenvalue weighted by molar-refractivity contribution is 7.92. The summed E-state index contributed by atoms with van der Waals surface area (Å²) >= 11 is 12.1. The standard InChI is InChI=1S/C16H21Cl2N3O5S/c1-3-26-16(23)20-9-7-19(8-10-20)14(22)11-21(27(2,24)25)13-6-4-5-12(17)15(13)18/h4-6H,3,7-11H2,1-2H3. The quantitative estimate of drug-likeness (QED) is 0.703. The lowest BCUT2D eigenvalue weighted by Crippen LogP contribution is -2.53. The Hall–Kier alpha value is -1.71. The molecule has 0 radical (unpaired) electrons. The second-order valence-electron chi connectivity index (χ2n) is 5.91. The van der Waals surface area contributed by atoms with Gasteiger partial charge in [-0.15, -0.1) is 0 Å². The maximum atomic E-state index is 12.6. The van der Waals surface area contributed by atoms with E-state index in [1.54, 1.807) is 13.0 Å². The molecule has 0 spiro atoms. The lowest BCUT2D eigenvalue weighted by Gasteiger charge is -2.35. The van der Waals surface area contributed by atoms with Crippen LogP contribution < -0.4 is 4.31 Å². The monoisotopic (exact) mass is 437 g/mol. The molecule has 11 heteroatoms. The van der Waals surface area contributed by atoms with Crippen LogP contribution in [0.5, 0.6) is 0 Å². The summed E-state index contributed by atoms with van der Waals surface area (Å²) in [5.74, 6) is -0.389. The number of halogens is 2. The first-order valence-electron chi connectivity index (χ1n) is 8.26. The fraction of sp³-hybridized carbons (Fsp3) is 0.500. The lowest BCUT2D eigenvalue weighted by atomic mass is 10.3. The Morgan fingerprint density at radius 2 is 1.74 bits per heavy atom. The number of amides is 2. The molecule has 0 N–H and O–H groups in total. The van der Waals surface area contributed by atoms with Gasteiger partial charge in [-0.25, -0.2) is 13.2 Å². The van der Waals surface area contributed by atoms with Gasteiger partial charge in [0.1, 0.15) is 6.54 Å². The van der Waals surface area contributed by atoms with E-state index in [9.17, 15) is 18.0 Å². The number of anilines is 1. The molecule has 1 aromatic rings. The van der Waals surface area contributed by atoms with Crippen LogP contribution in [0.4, 0.5) is 10.5 Å². The molecule has 2 rings (SSSR count). The topological polar surface area (TPSA) is 87.2 Å². The average molecular weight is 438 g/mol. The highest BCUT2D eigenvalue weighted by Gasteiger charge is 2.29. The number of ether oxygens (including phenoxy) is 1. The van der Waals surface area contributed by atoms with E-state index in [0.717, 1.165) is 10.6 Å². The number of sulfonamides is 1. The smallest absolute Gasteiger partial charge is 0.409 e. The van der Waals surface area contributed by atoms with Crippen LogP contribution in [0.25, 0.3) is 0 Å². The summed E-state index contributed by atoms with van der Waals surface area (Å²) < 4.78 is 30.3.